The Morgan fingerprint density at radius 3 is 3.00 bits per heavy atom. The van der Waals surface area contributed by atoms with Crippen molar-refractivity contribution in [3.8, 4) is 0 Å². The van der Waals surface area contributed by atoms with Gasteiger partial charge in [-0.05, 0) is 32.6 Å². The van der Waals surface area contributed by atoms with E-state index in [0.717, 1.165) is 12.8 Å². The van der Waals surface area contributed by atoms with Gasteiger partial charge >= 0.3 is 5.69 Å². The van der Waals surface area contributed by atoms with Crippen LogP contribution in [0.5, 0.6) is 0 Å². The molecular formula is C13H20N4O2. The topological polar surface area (TPSA) is 90.6 Å². The molecule has 0 spiro atoms. The van der Waals surface area contributed by atoms with Crippen LogP contribution < -0.4 is 11.0 Å². The van der Waals surface area contributed by atoms with Crippen LogP contribution in [0.25, 0.3) is 0 Å². The second kappa shape index (κ2) is 6.36. The summed E-state index contributed by atoms with van der Waals surface area (Å²) in [6.07, 6.45) is 7.66. The van der Waals surface area contributed by atoms with Crippen molar-refractivity contribution in [3.63, 3.8) is 0 Å². The molecule has 1 aliphatic rings. The average Bonchev–Trinajstić information content (AvgIpc) is 2.83. The molecule has 0 saturated carbocycles. The van der Waals surface area contributed by atoms with Gasteiger partial charge in [0.2, 0.25) is 5.91 Å². The summed E-state index contributed by atoms with van der Waals surface area (Å²) in [7, 11) is 0. The molecule has 0 aromatic carbocycles. The first-order chi connectivity index (χ1) is 9.15. The largest absolute Gasteiger partial charge is 0.350 e. The highest BCUT2D eigenvalue weighted by Gasteiger charge is 2.14. The fourth-order valence-corrected chi connectivity index (χ4v) is 2.32. The molecule has 2 rings (SSSR count). The maximum atomic E-state index is 11.8. The van der Waals surface area contributed by atoms with Crippen molar-refractivity contribution in [2.45, 2.75) is 51.5 Å². The monoisotopic (exact) mass is 264 g/mol. The average molecular weight is 264 g/mol. The van der Waals surface area contributed by atoms with Gasteiger partial charge in [-0.3, -0.25) is 9.78 Å². The Bertz CT molecular complexity index is 515. The van der Waals surface area contributed by atoms with E-state index in [1.54, 1.807) is 0 Å². The van der Waals surface area contributed by atoms with E-state index in [9.17, 15) is 9.59 Å². The van der Waals surface area contributed by atoms with Crippen LogP contribution in [-0.4, -0.2) is 27.1 Å². The summed E-state index contributed by atoms with van der Waals surface area (Å²) in [5.41, 5.74) is 0.990. The zero-order valence-electron chi connectivity index (χ0n) is 11.2. The Morgan fingerprint density at radius 1 is 1.53 bits per heavy atom. The molecule has 1 atom stereocenters. The molecule has 0 aliphatic heterocycles. The minimum absolute atomic E-state index is 0.0113. The van der Waals surface area contributed by atoms with Gasteiger partial charge in [-0.1, -0.05) is 11.6 Å². The summed E-state index contributed by atoms with van der Waals surface area (Å²) >= 11 is 0. The number of aromatic nitrogens is 3. The van der Waals surface area contributed by atoms with E-state index < -0.39 is 0 Å². The lowest BCUT2D eigenvalue weighted by molar-refractivity contribution is -0.121. The Morgan fingerprint density at radius 2 is 2.37 bits per heavy atom. The number of rotatable bonds is 5. The number of amides is 1. The molecule has 0 saturated heterocycles. The lowest BCUT2D eigenvalue weighted by atomic mass is 9.94. The SMILES string of the molecule is CC(NC(=O)CCc1n[nH]c(=O)[nH]1)C1=CCCCC1. The van der Waals surface area contributed by atoms with Gasteiger partial charge in [0.15, 0.2) is 0 Å². The second-order valence-corrected chi connectivity index (χ2v) is 4.94. The summed E-state index contributed by atoms with van der Waals surface area (Å²) in [6.45, 7) is 2.02. The highest BCUT2D eigenvalue weighted by Crippen LogP contribution is 2.20. The smallest absolute Gasteiger partial charge is 0.340 e. The summed E-state index contributed by atoms with van der Waals surface area (Å²) in [4.78, 5) is 25.2. The molecule has 6 heteroatoms. The van der Waals surface area contributed by atoms with Crippen LogP contribution in [0.4, 0.5) is 0 Å². The Hall–Kier alpha value is -1.85. The number of carbonyl (C=O) groups excluding carboxylic acids is 1. The summed E-state index contributed by atoms with van der Waals surface area (Å²) in [5.74, 6) is 0.507. The zero-order chi connectivity index (χ0) is 13.7. The number of nitrogens with one attached hydrogen (secondary N) is 3. The molecule has 1 aromatic heterocycles. The molecule has 0 bridgehead atoms. The number of allylic oxidation sites excluding steroid dienone is 1. The quantitative estimate of drug-likeness (QED) is 0.694. The maximum absolute atomic E-state index is 11.8. The molecule has 1 heterocycles. The van der Waals surface area contributed by atoms with E-state index in [4.69, 9.17) is 0 Å². The van der Waals surface area contributed by atoms with Crippen molar-refractivity contribution in [3.05, 3.63) is 28.0 Å². The van der Waals surface area contributed by atoms with Crippen molar-refractivity contribution in [1.29, 1.82) is 0 Å². The third-order valence-electron chi connectivity index (χ3n) is 3.40. The minimum atomic E-state index is -0.337. The van der Waals surface area contributed by atoms with Crippen LogP contribution in [0.3, 0.4) is 0 Å². The van der Waals surface area contributed by atoms with Crippen molar-refractivity contribution in [2.75, 3.05) is 0 Å². The first kappa shape index (κ1) is 13.6. The summed E-state index contributed by atoms with van der Waals surface area (Å²) in [5, 5.41) is 9.04. The van der Waals surface area contributed by atoms with Crippen LogP contribution in [0.15, 0.2) is 16.4 Å². The van der Waals surface area contributed by atoms with Gasteiger partial charge in [0.1, 0.15) is 5.82 Å². The molecule has 19 heavy (non-hydrogen) atoms. The van der Waals surface area contributed by atoms with Crippen molar-refractivity contribution in [1.82, 2.24) is 20.5 Å². The number of aromatic amines is 2. The summed E-state index contributed by atoms with van der Waals surface area (Å²) < 4.78 is 0. The Labute approximate surface area is 111 Å². The normalized spacial score (nSPS) is 16.8. The summed E-state index contributed by atoms with van der Waals surface area (Å²) in [6, 6.07) is 0.103. The predicted octanol–water partition coefficient (Wildman–Crippen LogP) is 1.04. The van der Waals surface area contributed by atoms with Gasteiger partial charge < -0.3 is 5.32 Å². The lowest BCUT2D eigenvalue weighted by Crippen LogP contribution is -2.34. The standard InChI is InChI=1S/C13H20N4O2/c1-9(10-5-3-2-4-6-10)14-12(18)8-7-11-15-13(19)17-16-11/h5,9H,2-4,6-8H2,1H3,(H,14,18)(H2,15,16,17,19). The van der Waals surface area contributed by atoms with E-state index in [-0.39, 0.29) is 17.6 Å². The van der Waals surface area contributed by atoms with Crippen LogP contribution in [-0.2, 0) is 11.2 Å². The van der Waals surface area contributed by atoms with E-state index in [2.05, 4.69) is 26.6 Å². The molecule has 3 N–H and O–H groups in total. The molecule has 104 valence electrons. The van der Waals surface area contributed by atoms with Crippen molar-refractivity contribution < 1.29 is 4.79 Å². The molecule has 0 fully saturated rings. The second-order valence-electron chi connectivity index (χ2n) is 4.94. The number of hydrogen-bond acceptors (Lipinski definition) is 3. The number of nitrogens with zero attached hydrogens (tertiary/aromatic N) is 1. The van der Waals surface area contributed by atoms with Crippen LogP contribution in [0.2, 0.25) is 0 Å². The maximum Gasteiger partial charge on any atom is 0.340 e. The highest BCUT2D eigenvalue weighted by atomic mass is 16.2. The van der Waals surface area contributed by atoms with Gasteiger partial charge in [-0.2, -0.15) is 5.10 Å². The molecular weight excluding hydrogens is 244 g/mol. The van der Waals surface area contributed by atoms with Crippen molar-refractivity contribution in [2.24, 2.45) is 0 Å². The van der Waals surface area contributed by atoms with E-state index in [1.807, 2.05) is 6.92 Å². The van der Waals surface area contributed by atoms with Gasteiger partial charge in [-0.25, -0.2) is 9.89 Å². The number of aryl methyl sites for hydroxylation is 1. The predicted molar refractivity (Wildman–Crippen MR) is 71.7 cm³/mol. The minimum Gasteiger partial charge on any atom is -0.350 e. The van der Waals surface area contributed by atoms with Gasteiger partial charge in [-0.15, -0.1) is 0 Å². The Balaban J connectivity index is 1.77. The molecule has 1 unspecified atom stereocenters. The van der Waals surface area contributed by atoms with Crippen molar-refractivity contribution >= 4 is 5.91 Å². The van der Waals surface area contributed by atoms with Gasteiger partial charge in [0, 0.05) is 18.9 Å². The zero-order valence-corrected chi connectivity index (χ0v) is 11.2. The molecule has 6 nitrogen and oxygen atoms in total. The van der Waals surface area contributed by atoms with Gasteiger partial charge in [0.25, 0.3) is 0 Å². The number of hydrogen-bond donors (Lipinski definition) is 3. The highest BCUT2D eigenvalue weighted by molar-refractivity contribution is 5.76. The molecule has 1 aliphatic carbocycles. The lowest BCUT2D eigenvalue weighted by Gasteiger charge is -2.20. The number of H-pyrrole nitrogens is 2. The fraction of sp³-hybridized carbons (Fsp3) is 0.615. The third kappa shape index (κ3) is 4.08. The van der Waals surface area contributed by atoms with Crippen LogP contribution in [0.1, 0.15) is 44.9 Å². The first-order valence-electron chi connectivity index (χ1n) is 6.77. The number of carbonyl (C=O) groups is 1. The Kier molecular flexibility index (Phi) is 4.54. The fourth-order valence-electron chi connectivity index (χ4n) is 2.32. The molecule has 1 aromatic rings. The van der Waals surface area contributed by atoms with Crippen LogP contribution in [0, 0.1) is 0 Å². The molecule has 1 amide bonds. The van der Waals surface area contributed by atoms with Crippen LogP contribution >= 0.6 is 0 Å². The van der Waals surface area contributed by atoms with E-state index in [0.29, 0.717) is 18.7 Å². The first-order valence-corrected chi connectivity index (χ1v) is 6.77. The van der Waals surface area contributed by atoms with E-state index in [1.165, 1.54) is 18.4 Å². The molecule has 0 radical (unpaired) electrons. The van der Waals surface area contributed by atoms with Gasteiger partial charge in [0.05, 0.1) is 0 Å². The van der Waals surface area contributed by atoms with E-state index >= 15 is 0 Å². The third-order valence-corrected chi connectivity index (χ3v) is 3.40.